The third kappa shape index (κ3) is 1.05. The van der Waals surface area contributed by atoms with Gasteiger partial charge in [0, 0.05) is 17.7 Å². The molecule has 0 atom stereocenters. The zero-order valence-electron chi connectivity index (χ0n) is 6.66. The van der Waals surface area contributed by atoms with Crippen molar-refractivity contribution in [2.24, 2.45) is 4.99 Å². The van der Waals surface area contributed by atoms with Crippen LogP contribution in [-0.4, -0.2) is 12.0 Å². The van der Waals surface area contributed by atoms with Gasteiger partial charge in [-0.2, -0.15) is 0 Å². The van der Waals surface area contributed by atoms with Crippen molar-refractivity contribution in [3.8, 4) is 0 Å². The molecule has 1 aromatic rings. The van der Waals surface area contributed by atoms with E-state index in [0.717, 1.165) is 24.1 Å². The van der Waals surface area contributed by atoms with E-state index in [0.29, 0.717) is 6.42 Å². The molecule has 2 heteroatoms. The Kier molecular flexibility index (Phi) is 1.74. The minimum atomic E-state index is 0.441. The van der Waals surface area contributed by atoms with Gasteiger partial charge >= 0.3 is 0 Å². The van der Waals surface area contributed by atoms with Gasteiger partial charge in [0.15, 0.2) is 0 Å². The van der Waals surface area contributed by atoms with Crippen molar-refractivity contribution in [3.63, 3.8) is 0 Å². The first-order valence-corrected chi connectivity index (χ1v) is 3.97. The lowest BCUT2D eigenvalue weighted by atomic mass is 10.0. The molecule has 2 rings (SSSR count). The molecular formula is C10H9NO. The predicted molar refractivity (Wildman–Crippen MR) is 47.4 cm³/mol. The van der Waals surface area contributed by atoms with Crippen LogP contribution in [0.25, 0.3) is 0 Å². The molecule has 1 heterocycles. The summed E-state index contributed by atoms with van der Waals surface area (Å²) in [6.45, 7) is 0.735. The Labute approximate surface area is 70.9 Å². The quantitative estimate of drug-likeness (QED) is 0.602. The number of rotatable bonds is 2. The predicted octanol–water partition coefficient (Wildman–Crippen LogP) is 1.58. The molecule has 12 heavy (non-hydrogen) atoms. The smallest absolute Gasteiger partial charge is 0.125 e. The minimum Gasteiger partial charge on any atom is -0.303 e. The summed E-state index contributed by atoms with van der Waals surface area (Å²) < 4.78 is 0. The summed E-state index contributed by atoms with van der Waals surface area (Å²) in [5, 5.41) is 0. The second-order valence-electron chi connectivity index (χ2n) is 2.79. The summed E-state index contributed by atoms with van der Waals surface area (Å²) >= 11 is 0. The number of nitrogens with zero attached hydrogens (tertiary/aromatic N) is 1. The molecule has 0 N–H and O–H groups in total. The fourth-order valence-corrected chi connectivity index (χ4v) is 1.46. The molecule has 1 aromatic carbocycles. The fraction of sp³-hybridized carbons (Fsp3) is 0.200. The average molecular weight is 159 g/mol. The normalized spacial score (nSPS) is 13.8. The summed E-state index contributed by atoms with van der Waals surface area (Å²) in [4.78, 5) is 14.6. The molecule has 0 saturated heterocycles. The zero-order chi connectivity index (χ0) is 8.39. The van der Waals surface area contributed by atoms with Crippen LogP contribution in [0.1, 0.15) is 17.5 Å². The molecule has 2 nitrogen and oxygen atoms in total. The van der Waals surface area contributed by atoms with Gasteiger partial charge in [0.05, 0.1) is 6.54 Å². The number of fused-ring (bicyclic) bond motifs is 1. The van der Waals surface area contributed by atoms with Gasteiger partial charge in [0.25, 0.3) is 0 Å². The van der Waals surface area contributed by atoms with Crippen LogP contribution in [-0.2, 0) is 11.3 Å². The molecule has 1 aliphatic heterocycles. The average Bonchev–Trinajstić information content (AvgIpc) is 2.50. The van der Waals surface area contributed by atoms with Crippen LogP contribution in [0.15, 0.2) is 29.3 Å². The molecular weight excluding hydrogens is 150 g/mol. The van der Waals surface area contributed by atoms with Crippen LogP contribution < -0.4 is 0 Å². The van der Waals surface area contributed by atoms with Gasteiger partial charge in [-0.3, -0.25) is 4.99 Å². The number of carbonyl (C=O) groups excluding carboxylic acids is 1. The number of aldehydes is 1. The van der Waals surface area contributed by atoms with Gasteiger partial charge in [0.2, 0.25) is 0 Å². The molecule has 1 aliphatic rings. The number of hydrogen-bond acceptors (Lipinski definition) is 2. The summed E-state index contributed by atoms with van der Waals surface area (Å²) in [6, 6.07) is 8.05. The van der Waals surface area contributed by atoms with Crippen molar-refractivity contribution in [1.29, 1.82) is 0 Å². The Balaban J connectivity index is 2.38. The molecule has 0 aliphatic carbocycles. The van der Waals surface area contributed by atoms with Gasteiger partial charge in [-0.15, -0.1) is 0 Å². The maximum Gasteiger partial charge on any atom is 0.125 e. The van der Waals surface area contributed by atoms with E-state index in [-0.39, 0.29) is 0 Å². The van der Waals surface area contributed by atoms with E-state index in [1.54, 1.807) is 0 Å². The lowest BCUT2D eigenvalue weighted by Crippen LogP contribution is -1.97. The maximum atomic E-state index is 10.3. The maximum absolute atomic E-state index is 10.3. The minimum absolute atomic E-state index is 0.441. The van der Waals surface area contributed by atoms with Crippen LogP contribution in [0.4, 0.5) is 0 Å². The van der Waals surface area contributed by atoms with Gasteiger partial charge in [-0.05, 0) is 5.56 Å². The lowest BCUT2D eigenvalue weighted by Gasteiger charge is -1.97. The van der Waals surface area contributed by atoms with E-state index in [2.05, 4.69) is 11.1 Å². The second kappa shape index (κ2) is 2.89. The van der Waals surface area contributed by atoms with Crippen LogP contribution in [0, 0.1) is 0 Å². The molecule has 0 spiro atoms. The lowest BCUT2D eigenvalue weighted by molar-refractivity contribution is -0.106. The monoisotopic (exact) mass is 159 g/mol. The van der Waals surface area contributed by atoms with Gasteiger partial charge in [-0.1, -0.05) is 24.3 Å². The molecule has 60 valence electrons. The van der Waals surface area contributed by atoms with Crippen LogP contribution in [0.3, 0.4) is 0 Å². The molecule has 0 unspecified atom stereocenters. The van der Waals surface area contributed by atoms with E-state index in [1.807, 2.05) is 18.2 Å². The highest BCUT2D eigenvalue weighted by Crippen LogP contribution is 2.19. The summed E-state index contributed by atoms with van der Waals surface area (Å²) in [5.74, 6) is 0. The summed E-state index contributed by atoms with van der Waals surface area (Å²) in [5.41, 5.74) is 3.31. The molecule has 0 bridgehead atoms. The van der Waals surface area contributed by atoms with E-state index in [1.165, 1.54) is 5.56 Å². The van der Waals surface area contributed by atoms with Crippen molar-refractivity contribution in [2.75, 3.05) is 0 Å². The Bertz CT molecular complexity index is 341. The van der Waals surface area contributed by atoms with Crippen molar-refractivity contribution in [3.05, 3.63) is 35.4 Å². The molecule has 0 amide bonds. The van der Waals surface area contributed by atoms with E-state index < -0.39 is 0 Å². The van der Waals surface area contributed by atoms with Crippen molar-refractivity contribution >= 4 is 12.0 Å². The van der Waals surface area contributed by atoms with E-state index in [4.69, 9.17) is 0 Å². The Morgan fingerprint density at radius 3 is 3.08 bits per heavy atom. The van der Waals surface area contributed by atoms with Crippen LogP contribution in [0.2, 0.25) is 0 Å². The van der Waals surface area contributed by atoms with Crippen molar-refractivity contribution in [2.45, 2.75) is 13.0 Å². The largest absolute Gasteiger partial charge is 0.303 e. The number of carbonyl (C=O) groups is 1. The Morgan fingerprint density at radius 2 is 2.25 bits per heavy atom. The van der Waals surface area contributed by atoms with Crippen LogP contribution >= 0.6 is 0 Å². The summed E-state index contributed by atoms with van der Waals surface area (Å²) in [6.07, 6.45) is 1.35. The molecule has 0 radical (unpaired) electrons. The highest BCUT2D eigenvalue weighted by molar-refractivity contribution is 6.08. The van der Waals surface area contributed by atoms with Gasteiger partial charge in [0.1, 0.15) is 6.29 Å². The number of hydrogen-bond donors (Lipinski definition) is 0. The van der Waals surface area contributed by atoms with E-state index in [9.17, 15) is 4.79 Å². The van der Waals surface area contributed by atoms with Crippen molar-refractivity contribution in [1.82, 2.24) is 0 Å². The SMILES string of the molecule is O=CCC1=NCc2ccccc21. The molecule has 0 saturated carbocycles. The van der Waals surface area contributed by atoms with Crippen LogP contribution in [0.5, 0.6) is 0 Å². The zero-order valence-corrected chi connectivity index (χ0v) is 6.66. The summed E-state index contributed by atoms with van der Waals surface area (Å²) in [7, 11) is 0. The Morgan fingerprint density at radius 1 is 1.42 bits per heavy atom. The highest BCUT2D eigenvalue weighted by atomic mass is 16.1. The standard InChI is InChI=1S/C10H9NO/c12-6-5-10-9-4-2-1-3-8(9)7-11-10/h1-4,6H,5,7H2. The second-order valence-corrected chi connectivity index (χ2v) is 2.79. The fourth-order valence-electron chi connectivity index (χ4n) is 1.46. The van der Waals surface area contributed by atoms with E-state index >= 15 is 0 Å². The molecule has 0 fully saturated rings. The third-order valence-corrected chi connectivity index (χ3v) is 2.05. The van der Waals surface area contributed by atoms with Crippen molar-refractivity contribution < 1.29 is 4.79 Å². The topological polar surface area (TPSA) is 29.4 Å². The molecule has 0 aromatic heterocycles. The Hall–Kier alpha value is -1.44. The number of aliphatic imine (C=N–C) groups is 1. The van der Waals surface area contributed by atoms with Gasteiger partial charge in [-0.25, -0.2) is 0 Å². The highest BCUT2D eigenvalue weighted by Gasteiger charge is 2.13. The first-order valence-electron chi connectivity index (χ1n) is 3.97. The first kappa shape index (κ1) is 7.22. The first-order chi connectivity index (χ1) is 5.92. The van der Waals surface area contributed by atoms with Gasteiger partial charge < -0.3 is 4.79 Å². The number of benzene rings is 1. The third-order valence-electron chi connectivity index (χ3n) is 2.05.